The summed E-state index contributed by atoms with van der Waals surface area (Å²) in [5.41, 5.74) is 8.98. The highest BCUT2D eigenvalue weighted by molar-refractivity contribution is 6.30. The van der Waals surface area contributed by atoms with E-state index in [-0.39, 0.29) is 0 Å². The van der Waals surface area contributed by atoms with Gasteiger partial charge in [0.05, 0.1) is 6.54 Å². The van der Waals surface area contributed by atoms with E-state index in [1.165, 1.54) is 16.5 Å². The number of benzene rings is 6. The summed E-state index contributed by atoms with van der Waals surface area (Å²) in [6, 6.07) is 47.6. The standard InChI is InChI=1S/C32H22ClN3.C8H7N/c1-21-34-31(36-32(35-21)29-16-15-22-7-2-3-8-23(22)18-29)28-13-5-11-26(19-28)24-9-4-10-25(17-24)27-12-6-14-30(33)20-27;1-2-4-8-6-9-5-7(8)3-1/h2-20H,1H3;1-5H,6H2. The van der Waals surface area contributed by atoms with Crippen LogP contribution in [-0.2, 0) is 6.54 Å². The van der Waals surface area contributed by atoms with Gasteiger partial charge in [0.2, 0.25) is 0 Å². The molecule has 6 aromatic carbocycles. The maximum Gasteiger partial charge on any atom is 0.163 e. The highest BCUT2D eigenvalue weighted by Crippen LogP contribution is 2.30. The Morgan fingerprint density at radius 2 is 1.07 bits per heavy atom. The van der Waals surface area contributed by atoms with Crippen molar-refractivity contribution in [3.63, 3.8) is 0 Å². The van der Waals surface area contributed by atoms with Crippen LogP contribution in [0, 0.1) is 6.92 Å². The number of nitrogens with zero attached hydrogens (tertiary/aromatic N) is 4. The van der Waals surface area contributed by atoms with Crippen molar-refractivity contribution < 1.29 is 0 Å². The summed E-state index contributed by atoms with van der Waals surface area (Å²) in [5.74, 6) is 2.03. The monoisotopic (exact) mass is 600 g/mol. The molecule has 5 heteroatoms. The molecule has 7 aromatic rings. The number of aromatic nitrogens is 3. The predicted molar refractivity (Wildman–Crippen MR) is 187 cm³/mol. The molecule has 2 heterocycles. The molecular weight excluding hydrogens is 572 g/mol. The Morgan fingerprint density at radius 1 is 0.489 bits per heavy atom. The molecule has 0 bridgehead atoms. The first-order valence-corrected chi connectivity index (χ1v) is 15.2. The van der Waals surface area contributed by atoms with Gasteiger partial charge in [0.25, 0.3) is 0 Å². The maximum absolute atomic E-state index is 6.22. The lowest BCUT2D eigenvalue weighted by Gasteiger charge is -2.10. The minimum atomic E-state index is 0.665. The number of aryl methyl sites for hydroxylation is 1. The van der Waals surface area contributed by atoms with Gasteiger partial charge in [-0.3, -0.25) is 4.99 Å². The van der Waals surface area contributed by atoms with E-state index in [0.717, 1.165) is 50.3 Å². The van der Waals surface area contributed by atoms with Crippen LogP contribution in [0.15, 0.2) is 145 Å². The van der Waals surface area contributed by atoms with E-state index < -0.39 is 0 Å². The number of hydrogen-bond donors (Lipinski definition) is 0. The van der Waals surface area contributed by atoms with Crippen LogP contribution in [0.4, 0.5) is 0 Å². The molecule has 0 N–H and O–H groups in total. The minimum absolute atomic E-state index is 0.665. The van der Waals surface area contributed by atoms with Gasteiger partial charge in [0, 0.05) is 22.4 Å². The highest BCUT2D eigenvalue weighted by atomic mass is 35.5. The molecule has 4 nitrogen and oxygen atoms in total. The molecule has 0 amide bonds. The smallest absolute Gasteiger partial charge is 0.163 e. The molecule has 0 radical (unpaired) electrons. The molecule has 0 fully saturated rings. The zero-order valence-corrected chi connectivity index (χ0v) is 25.5. The van der Waals surface area contributed by atoms with Crippen molar-refractivity contribution in [2.45, 2.75) is 13.5 Å². The summed E-state index contributed by atoms with van der Waals surface area (Å²) in [6.45, 7) is 2.78. The maximum atomic E-state index is 6.22. The van der Waals surface area contributed by atoms with Gasteiger partial charge in [-0.2, -0.15) is 0 Å². The summed E-state index contributed by atoms with van der Waals surface area (Å²) in [7, 11) is 0. The second kappa shape index (κ2) is 12.7. The normalized spacial score (nSPS) is 11.6. The van der Waals surface area contributed by atoms with Crippen LogP contribution in [-0.4, -0.2) is 21.2 Å². The van der Waals surface area contributed by atoms with Crippen LogP contribution in [0.5, 0.6) is 0 Å². The van der Waals surface area contributed by atoms with E-state index in [2.05, 4.69) is 99.9 Å². The molecule has 216 valence electrons. The average molecular weight is 601 g/mol. The number of hydrogen-bond acceptors (Lipinski definition) is 4. The highest BCUT2D eigenvalue weighted by Gasteiger charge is 2.11. The topological polar surface area (TPSA) is 51.0 Å². The molecule has 0 unspecified atom stereocenters. The van der Waals surface area contributed by atoms with Crippen LogP contribution in [0.3, 0.4) is 0 Å². The summed E-state index contributed by atoms with van der Waals surface area (Å²) in [4.78, 5) is 18.3. The molecule has 0 spiro atoms. The van der Waals surface area contributed by atoms with Crippen LogP contribution in [0.1, 0.15) is 17.0 Å². The van der Waals surface area contributed by atoms with E-state index in [1.807, 2.05) is 67.7 Å². The Morgan fingerprint density at radius 3 is 1.78 bits per heavy atom. The van der Waals surface area contributed by atoms with Gasteiger partial charge >= 0.3 is 0 Å². The van der Waals surface area contributed by atoms with Gasteiger partial charge in [0.1, 0.15) is 5.82 Å². The van der Waals surface area contributed by atoms with Crippen LogP contribution in [0.2, 0.25) is 5.02 Å². The Balaban J connectivity index is 0.000000308. The average Bonchev–Trinajstić information content (AvgIpc) is 3.57. The van der Waals surface area contributed by atoms with E-state index in [1.54, 1.807) is 0 Å². The van der Waals surface area contributed by atoms with Crippen LogP contribution >= 0.6 is 11.6 Å². The molecule has 0 aliphatic carbocycles. The molecule has 0 saturated carbocycles. The van der Waals surface area contributed by atoms with Gasteiger partial charge in [-0.15, -0.1) is 0 Å². The first-order chi connectivity index (χ1) is 22.1. The molecule has 45 heavy (non-hydrogen) atoms. The molecule has 1 aliphatic heterocycles. The number of aliphatic imine (C=N–C) groups is 1. The Labute approximate surface area is 267 Å². The van der Waals surface area contributed by atoms with Crippen LogP contribution < -0.4 is 0 Å². The molecule has 8 rings (SSSR count). The first-order valence-electron chi connectivity index (χ1n) is 14.9. The molecule has 0 saturated heterocycles. The third-order valence-corrected chi connectivity index (χ3v) is 8.01. The van der Waals surface area contributed by atoms with Crippen molar-refractivity contribution in [3.05, 3.63) is 162 Å². The minimum Gasteiger partial charge on any atom is -0.288 e. The molecule has 1 aliphatic rings. The third-order valence-electron chi connectivity index (χ3n) is 7.78. The van der Waals surface area contributed by atoms with Gasteiger partial charge < -0.3 is 0 Å². The molecule has 0 atom stereocenters. The van der Waals surface area contributed by atoms with Gasteiger partial charge in [0.15, 0.2) is 11.6 Å². The zero-order valence-electron chi connectivity index (χ0n) is 24.7. The third kappa shape index (κ3) is 6.42. The summed E-state index contributed by atoms with van der Waals surface area (Å²) in [6.07, 6.45) is 1.93. The van der Waals surface area contributed by atoms with Crippen molar-refractivity contribution in [2.24, 2.45) is 4.99 Å². The van der Waals surface area contributed by atoms with Gasteiger partial charge in [-0.25, -0.2) is 15.0 Å². The fourth-order valence-electron chi connectivity index (χ4n) is 5.50. The van der Waals surface area contributed by atoms with Gasteiger partial charge in [-0.05, 0) is 81.4 Å². The molecule has 1 aromatic heterocycles. The van der Waals surface area contributed by atoms with Crippen molar-refractivity contribution in [2.75, 3.05) is 0 Å². The fraction of sp³-hybridized carbons (Fsp3) is 0.0500. The SMILES string of the molecule is C1=NCc2ccccc21.Cc1nc(-c2cccc(-c3cccc(-c4cccc(Cl)c4)c3)c2)nc(-c2ccc3ccccc3c2)n1. The van der Waals surface area contributed by atoms with E-state index in [0.29, 0.717) is 17.5 Å². The number of halogens is 1. The lowest BCUT2D eigenvalue weighted by molar-refractivity contribution is 0.992. The summed E-state index contributed by atoms with van der Waals surface area (Å²) < 4.78 is 0. The van der Waals surface area contributed by atoms with E-state index in [9.17, 15) is 0 Å². The van der Waals surface area contributed by atoms with Crippen LogP contribution in [0.25, 0.3) is 55.8 Å². The largest absolute Gasteiger partial charge is 0.288 e. The number of rotatable bonds is 4. The lowest BCUT2D eigenvalue weighted by Crippen LogP contribution is -1.99. The predicted octanol–water partition coefficient (Wildman–Crippen LogP) is 10.3. The van der Waals surface area contributed by atoms with Crippen molar-refractivity contribution in [1.82, 2.24) is 15.0 Å². The van der Waals surface area contributed by atoms with Crippen molar-refractivity contribution in [3.8, 4) is 45.0 Å². The van der Waals surface area contributed by atoms with Gasteiger partial charge in [-0.1, -0.05) is 121 Å². The Kier molecular flexibility index (Phi) is 7.96. The first kappa shape index (κ1) is 28.3. The van der Waals surface area contributed by atoms with Crippen molar-refractivity contribution >= 4 is 28.6 Å². The molecular formula is C40H29ClN4. The van der Waals surface area contributed by atoms with E-state index in [4.69, 9.17) is 16.6 Å². The lowest BCUT2D eigenvalue weighted by atomic mass is 9.98. The Bertz CT molecular complexity index is 2190. The summed E-state index contributed by atoms with van der Waals surface area (Å²) in [5, 5.41) is 3.09. The zero-order chi connectivity index (χ0) is 30.6. The van der Waals surface area contributed by atoms with Crippen molar-refractivity contribution in [1.29, 1.82) is 0 Å². The second-order valence-electron chi connectivity index (χ2n) is 10.9. The quantitative estimate of drug-likeness (QED) is 0.202. The second-order valence-corrected chi connectivity index (χ2v) is 11.4. The fourth-order valence-corrected chi connectivity index (χ4v) is 5.69. The van der Waals surface area contributed by atoms with E-state index >= 15 is 0 Å². The summed E-state index contributed by atoms with van der Waals surface area (Å²) >= 11 is 6.22. The Hall–Kier alpha value is -5.45. The number of fused-ring (bicyclic) bond motifs is 2.